The lowest BCUT2D eigenvalue weighted by Gasteiger charge is -2.32. The second-order valence-electron chi connectivity index (χ2n) is 7.35. The van der Waals surface area contributed by atoms with Crippen LogP contribution in [0, 0.1) is 11.1 Å². The number of piperidine rings is 1. The molecule has 0 spiro atoms. The maximum Gasteiger partial charge on any atom is 0.259 e. The smallest absolute Gasteiger partial charge is 0.259 e. The van der Waals surface area contributed by atoms with Crippen molar-refractivity contribution in [1.82, 2.24) is 4.90 Å². The Morgan fingerprint density at radius 3 is 2.40 bits per heavy atom. The number of hydrogen-bond donors (Lipinski definition) is 0. The van der Waals surface area contributed by atoms with E-state index in [2.05, 4.69) is 0 Å². The van der Waals surface area contributed by atoms with Gasteiger partial charge in [0.05, 0.1) is 0 Å². The van der Waals surface area contributed by atoms with Crippen LogP contribution in [0.15, 0.2) is 79.1 Å². The molecule has 1 fully saturated rings. The lowest BCUT2D eigenvalue weighted by molar-refractivity contribution is -0.605. The molecule has 152 valence electrons. The Morgan fingerprint density at radius 1 is 0.933 bits per heavy atom. The van der Waals surface area contributed by atoms with Gasteiger partial charge in [-0.25, -0.2) is 0 Å². The fraction of sp³-hybridized carbons (Fsp3) is 0.208. The number of likely N-dealkylation sites (tertiary alicyclic amines) is 1. The lowest BCUT2D eigenvalue weighted by Crippen LogP contribution is -2.43. The van der Waals surface area contributed by atoms with Gasteiger partial charge in [-0.1, -0.05) is 18.2 Å². The van der Waals surface area contributed by atoms with Gasteiger partial charge < -0.3 is 14.8 Å². The largest absolute Gasteiger partial charge is 0.619 e. The Balaban J connectivity index is 1.42. The molecule has 6 heteroatoms. The van der Waals surface area contributed by atoms with E-state index >= 15 is 0 Å². The van der Waals surface area contributed by atoms with Crippen LogP contribution < -0.4 is 9.47 Å². The van der Waals surface area contributed by atoms with Gasteiger partial charge in [0.2, 0.25) is 0 Å². The number of nitrogens with zero attached hydrogens (tertiary/aromatic N) is 2. The predicted octanol–water partition coefficient (Wildman–Crippen LogP) is 3.85. The maximum absolute atomic E-state index is 13.0. The Morgan fingerprint density at radius 2 is 1.67 bits per heavy atom. The molecule has 3 aromatic rings. The van der Waals surface area contributed by atoms with Gasteiger partial charge in [-0.05, 0) is 55.3 Å². The van der Waals surface area contributed by atoms with Crippen molar-refractivity contribution in [2.45, 2.75) is 12.8 Å². The molecule has 1 aliphatic rings. The first kappa shape index (κ1) is 19.6. The van der Waals surface area contributed by atoms with Crippen LogP contribution in [0.3, 0.4) is 0 Å². The summed E-state index contributed by atoms with van der Waals surface area (Å²) in [5.41, 5.74) is 0.940. The van der Waals surface area contributed by atoms with E-state index in [1.807, 2.05) is 30.3 Å². The molecule has 1 saturated heterocycles. The number of carbonyl (C=O) groups is 2. The van der Waals surface area contributed by atoms with E-state index < -0.39 is 0 Å². The van der Waals surface area contributed by atoms with Crippen molar-refractivity contribution in [2.24, 2.45) is 5.92 Å². The first-order valence-corrected chi connectivity index (χ1v) is 9.95. The Hall–Kier alpha value is -3.67. The van der Waals surface area contributed by atoms with Gasteiger partial charge in [-0.3, -0.25) is 9.59 Å². The minimum absolute atomic E-state index is 0.0192. The highest BCUT2D eigenvalue weighted by molar-refractivity contribution is 5.99. The summed E-state index contributed by atoms with van der Waals surface area (Å²) in [5.74, 6) is 0.938. The first-order chi connectivity index (χ1) is 14.6. The molecule has 1 unspecified atom stereocenters. The molecule has 1 aliphatic heterocycles. The molecule has 0 radical (unpaired) electrons. The Labute approximate surface area is 174 Å². The topological polar surface area (TPSA) is 73.5 Å². The third kappa shape index (κ3) is 4.49. The first-order valence-electron chi connectivity index (χ1n) is 9.95. The van der Waals surface area contributed by atoms with Crippen LogP contribution in [-0.2, 0) is 0 Å². The molecule has 30 heavy (non-hydrogen) atoms. The highest BCUT2D eigenvalue weighted by atomic mass is 16.5. The number of ether oxygens (including phenoxy) is 1. The van der Waals surface area contributed by atoms with Crippen molar-refractivity contribution in [3.05, 3.63) is 95.5 Å². The average molecular weight is 402 g/mol. The predicted molar refractivity (Wildman–Crippen MR) is 111 cm³/mol. The Kier molecular flexibility index (Phi) is 5.75. The monoisotopic (exact) mass is 402 g/mol. The highest BCUT2D eigenvalue weighted by Crippen LogP contribution is 2.25. The summed E-state index contributed by atoms with van der Waals surface area (Å²) in [5, 5.41) is 11.5. The van der Waals surface area contributed by atoms with E-state index in [1.165, 1.54) is 12.4 Å². The van der Waals surface area contributed by atoms with E-state index in [1.54, 1.807) is 41.3 Å². The Bertz CT molecular complexity index is 1030. The lowest BCUT2D eigenvalue weighted by atomic mass is 9.89. The molecule has 1 aromatic heterocycles. The molecule has 2 aromatic carbocycles. The van der Waals surface area contributed by atoms with Crippen LogP contribution >= 0.6 is 0 Å². The molecule has 1 atom stereocenters. The summed E-state index contributed by atoms with van der Waals surface area (Å²) in [4.78, 5) is 27.4. The number of rotatable bonds is 5. The van der Waals surface area contributed by atoms with Gasteiger partial charge in [-0.15, -0.1) is 0 Å². The number of amides is 1. The van der Waals surface area contributed by atoms with Crippen LogP contribution in [0.1, 0.15) is 33.6 Å². The quantitative estimate of drug-likeness (QED) is 0.369. The van der Waals surface area contributed by atoms with E-state index in [9.17, 15) is 14.8 Å². The number of carbonyl (C=O) groups excluding carboxylic acids is 2. The molecule has 0 N–H and O–H groups in total. The number of hydrogen-bond acceptors (Lipinski definition) is 4. The normalized spacial score (nSPS) is 16.1. The second-order valence-corrected chi connectivity index (χ2v) is 7.35. The van der Waals surface area contributed by atoms with Crippen molar-refractivity contribution in [1.29, 1.82) is 0 Å². The standard InChI is InChI=1S/C24H22N2O4/c27-23(18-10-12-22(13-11-18)30-21-8-2-1-3-9-21)19-6-4-14-25(16-19)24(28)20-7-5-15-26(29)17-20/h1-3,5,7-13,15,17,19H,4,6,14,16H2. The zero-order chi connectivity index (χ0) is 20.9. The molecule has 0 aliphatic carbocycles. The summed E-state index contributed by atoms with van der Waals surface area (Å²) in [6.07, 6.45) is 4.09. The zero-order valence-electron chi connectivity index (χ0n) is 16.4. The molecular weight excluding hydrogens is 380 g/mol. The maximum atomic E-state index is 13.0. The van der Waals surface area contributed by atoms with Crippen molar-refractivity contribution in [2.75, 3.05) is 13.1 Å². The van der Waals surface area contributed by atoms with Crippen LogP contribution in [0.25, 0.3) is 0 Å². The average Bonchev–Trinajstić information content (AvgIpc) is 2.79. The molecule has 0 saturated carbocycles. The summed E-state index contributed by atoms with van der Waals surface area (Å²) in [6.45, 7) is 0.938. The van der Waals surface area contributed by atoms with Gasteiger partial charge >= 0.3 is 0 Å². The molecule has 0 bridgehead atoms. The fourth-order valence-electron chi connectivity index (χ4n) is 3.69. The number of benzene rings is 2. The number of pyridine rings is 1. The van der Waals surface area contributed by atoms with Crippen LogP contribution in [-0.4, -0.2) is 29.7 Å². The van der Waals surface area contributed by atoms with E-state index in [4.69, 9.17) is 4.74 Å². The van der Waals surface area contributed by atoms with Crippen LogP contribution in [0.2, 0.25) is 0 Å². The number of ketones is 1. The molecule has 1 amide bonds. The zero-order valence-corrected chi connectivity index (χ0v) is 16.4. The fourth-order valence-corrected chi connectivity index (χ4v) is 3.69. The third-order valence-corrected chi connectivity index (χ3v) is 5.22. The van der Waals surface area contributed by atoms with Crippen LogP contribution in [0.4, 0.5) is 0 Å². The molecule has 2 heterocycles. The number of para-hydroxylation sites is 1. The van der Waals surface area contributed by atoms with E-state index in [0.29, 0.717) is 34.7 Å². The van der Waals surface area contributed by atoms with Gasteiger partial charge in [0.25, 0.3) is 5.91 Å². The summed E-state index contributed by atoms with van der Waals surface area (Å²) in [7, 11) is 0. The van der Waals surface area contributed by atoms with Crippen molar-refractivity contribution in [3.63, 3.8) is 0 Å². The van der Waals surface area contributed by atoms with Crippen molar-refractivity contribution < 1.29 is 19.1 Å². The molecular formula is C24H22N2O4. The van der Waals surface area contributed by atoms with E-state index in [0.717, 1.165) is 18.6 Å². The summed E-state index contributed by atoms with van der Waals surface area (Å²) >= 11 is 0. The summed E-state index contributed by atoms with van der Waals surface area (Å²) < 4.78 is 6.38. The van der Waals surface area contributed by atoms with Crippen molar-refractivity contribution >= 4 is 11.7 Å². The van der Waals surface area contributed by atoms with Gasteiger partial charge in [0.1, 0.15) is 17.1 Å². The van der Waals surface area contributed by atoms with E-state index in [-0.39, 0.29) is 17.6 Å². The van der Waals surface area contributed by atoms with Crippen LogP contribution in [0.5, 0.6) is 11.5 Å². The van der Waals surface area contributed by atoms with Gasteiger partial charge in [-0.2, -0.15) is 4.73 Å². The molecule has 4 rings (SSSR count). The number of aromatic nitrogens is 1. The van der Waals surface area contributed by atoms with Gasteiger partial charge in [0.15, 0.2) is 18.2 Å². The molecule has 6 nitrogen and oxygen atoms in total. The minimum Gasteiger partial charge on any atom is -0.619 e. The second kappa shape index (κ2) is 8.78. The SMILES string of the molecule is O=C(c1ccc(Oc2ccccc2)cc1)C1CCCN(C(=O)c2ccc[n+]([O-])c2)C1. The summed E-state index contributed by atoms with van der Waals surface area (Å²) in [6, 6.07) is 19.7. The third-order valence-electron chi connectivity index (χ3n) is 5.22. The number of Topliss-reactive ketones (excluding diaryl/α,β-unsaturated/α-hetero) is 1. The minimum atomic E-state index is -0.258. The van der Waals surface area contributed by atoms with Gasteiger partial charge in [0, 0.05) is 30.6 Å². The van der Waals surface area contributed by atoms with Crippen molar-refractivity contribution in [3.8, 4) is 11.5 Å². The highest BCUT2D eigenvalue weighted by Gasteiger charge is 2.30.